The van der Waals surface area contributed by atoms with Crippen LogP contribution in [0.25, 0.3) is 0 Å². The molecule has 0 bridgehead atoms. The van der Waals surface area contributed by atoms with Crippen LogP contribution in [-0.2, 0) is 11.2 Å². The highest BCUT2D eigenvalue weighted by Crippen LogP contribution is 2.39. The second-order valence-electron chi connectivity index (χ2n) is 7.81. The molecular formula is C23H26ClN5O2S. The van der Waals surface area contributed by atoms with Crippen LogP contribution in [0.3, 0.4) is 0 Å². The molecular weight excluding hydrogens is 446 g/mol. The minimum absolute atomic E-state index is 0.117. The van der Waals surface area contributed by atoms with Gasteiger partial charge >= 0.3 is 0 Å². The molecule has 9 heteroatoms. The molecule has 2 heterocycles. The average Bonchev–Trinajstić information content (AvgIpc) is 3.17. The van der Waals surface area contributed by atoms with Crippen molar-refractivity contribution in [3.8, 4) is 5.75 Å². The number of aromatic nitrogens is 3. The number of nitrogens with one attached hydrogen (secondary N) is 2. The molecule has 3 aromatic rings. The first kappa shape index (κ1) is 22.5. The molecule has 4 rings (SSSR count). The third-order valence-corrected chi connectivity index (χ3v) is 7.06. The minimum atomic E-state index is -0.479. The third-order valence-electron chi connectivity index (χ3n) is 5.55. The zero-order chi connectivity index (χ0) is 22.8. The minimum Gasteiger partial charge on any atom is -0.495 e. The molecule has 0 saturated carbocycles. The van der Waals surface area contributed by atoms with E-state index in [-0.39, 0.29) is 11.9 Å². The van der Waals surface area contributed by atoms with E-state index in [2.05, 4.69) is 27.9 Å². The topological polar surface area (TPSA) is 81.1 Å². The smallest absolute Gasteiger partial charge is 0.240 e. The van der Waals surface area contributed by atoms with Crippen LogP contribution < -0.4 is 15.5 Å². The van der Waals surface area contributed by atoms with Crippen LogP contribution in [0, 0.1) is 13.8 Å². The SMILES string of the molecule is CCCc1nnc2n1N[C@@H](c1ccc(OC)c(Cl)c1)[C@@H](C(=O)Nc1ccc(C)c(C)c1)S2. The second kappa shape index (κ2) is 9.42. The highest BCUT2D eigenvalue weighted by Gasteiger charge is 2.38. The Balaban J connectivity index is 1.68. The maximum atomic E-state index is 13.4. The van der Waals surface area contributed by atoms with Gasteiger partial charge in [0.15, 0.2) is 5.82 Å². The standard InChI is InChI=1S/C23H26ClN5O2S/c1-5-6-19-26-27-23-29(19)28-20(15-8-10-18(31-4)17(24)12-15)21(32-23)22(30)25-16-9-7-13(2)14(3)11-16/h7-12,20-21,28H,5-6H2,1-4H3,(H,25,30)/t20-,21-/m0/s1. The molecule has 0 radical (unpaired) electrons. The Kier molecular flexibility index (Phi) is 6.62. The largest absolute Gasteiger partial charge is 0.495 e. The summed E-state index contributed by atoms with van der Waals surface area (Å²) in [4.78, 5) is 13.4. The summed E-state index contributed by atoms with van der Waals surface area (Å²) in [7, 11) is 1.58. The molecule has 0 aliphatic carbocycles. The number of amides is 1. The molecule has 2 aromatic carbocycles. The van der Waals surface area contributed by atoms with E-state index in [9.17, 15) is 4.79 Å². The molecule has 7 nitrogen and oxygen atoms in total. The molecule has 2 atom stereocenters. The number of halogens is 1. The van der Waals surface area contributed by atoms with Gasteiger partial charge < -0.3 is 15.5 Å². The number of fused-ring (bicyclic) bond motifs is 1. The lowest BCUT2D eigenvalue weighted by Gasteiger charge is -2.33. The lowest BCUT2D eigenvalue weighted by molar-refractivity contribution is -0.116. The van der Waals surface area contributed by atoms with Gasteiger partial charge in [-0.25, -0.2) is 4.68 Å². The highest BCUT2D eigenvalue weighted by molar-refractivity contribution is 8.00. The number of rotatable bonds is 6. The zero-order valence-corrected chi connectivity index (χ0v) is 20.0. The van der Waals surface area contributed by atoms with Crippen molar-refractivity contribution in [1.82, 2.24) is 14.9 Å². The van der Waals surface area contributed by atoms with E-state index in [4.69, 9.17) is 16.3 Å². The normalized spacial score (nSPS) is 17.4. The summed E-state index contributed by atoms with van der Waals surface area (Å²) < 4.78 is 7.18. The molecule has 0 fully saturated rings. The first-order chi connectivity index (χ1) is 15.4. The summed E-state index contributed by atoms with van der Waals surface area (Å²) in [6, 6.07) is 11.1. The van der Waals surface area contributed by atoms with Gasteiger partial charge in [0.05, 0.1) is 18.2 Å². The van der Waals surface area contributed by atoms with Gasteiger partial charge in [-0.3, -0.25) is 4.79 Å². The van der Waals surface area contributed by atoms with Crippen LogP contribution in [0.1, 0.15) is 41.9 Å². The number of aryl methyl sites for hydroxylation is 3. The van der Waals surface area contributed by atoms with Gasteiger partial charge in [0, 0.05) is 12.1 Å². The summed E-state index contributed by atoms with van der Waals surface area (Å²) >= 11 is 7.80. The summed E-state index contributed by atoms with van der Waals surface area (Å²) in [6.07, 6.45) is 1.73. The Bertz CT molecular complexity index is 1150. The van der Waals surface area contributed by atoms with Crippen molar-refractivity contribution in [1.29, 1.82) is 0 Å². The predicted molar refractivity (Wildman–Crippen MR) is 128 cm³/mol. The summed E-state index contributed by atoms with van der Waals surface area (Å²) in [6.45, 7) is 6.17. The molecule has 1 aromatic heterocycles. The number of ether oxygens (including phenoxy) is 1. The van der Waals surface area contributed by atoms with Crippen molar-refractivity contribution in [2.75, 3.05) is 17.9 Å². The van der Waals surface area contributed by atoms with Crippen LogP contribution >= 0.6 is 23.4 Å². The maximum absolute atomic E-state index is 13.4. The molecule has 168 valence electrons. The fourth-order valence-corrected chi connectivity index (χ4v) is 5.01. The fraction of sp³-hybridized carbons (Fsp3) is 0.348. The van der Waals surface area contributed by atoms with Gasteiger partial charge in [0.2, 0.25) is 11.1 Å². The van der Waals surface area contributed by atoms with Crippen molar-refractivity contribution in [2.24, 2.45) is 0 Å². The van der Waals surface area contributed by atoms with E-state index in [1.807, 2.05) is 54.9 Å². The molecule has 1 aliphatic heterocycles. The second-order valence-corrected chi connectivity index (χ2v) is 9.33. The van der Waals surface area contributed by atoms with Crippen molar-refractivity contribution < 1.29 is 9.53 Å². The van der Waals surface area contributed by atoms with E-state index in [0.717, 1.165) is 35.5 Å². The van der Waals surface area contributed by atoms with Crippen LogP contribution in [0.4, 0.5) is 5.69 Å². The lowest BCUT2D eigenvalue weighted by Crippen LogP contribution is -2.41. The molecule has 1 aliphatic rings. The molecule has 0 spiro atoms. The van der Waals surface area contributed by atoms with E-state index in [0.29, 0.717) is 15.9 Å². The van der Waals surface area contributed by atoms with E-state index < -0.39 is 5.25 Å². The van der Waals surface area contributed by atoms with Crippen molar-refractivity contribution in [2.45, 2.75) is 50.1 Å². The first-order valence-corrected chi connectivity index (χ1v) is 11.8. The molecule has 32 heavy (non-hydrogen) atoms. The molecule has 0 saturated heterocycles. The van der Waals surface area contributed by atoms with Crippen LogP contribution in [-0.4, -0.2) is 33.1 Å². The Hall–Kier alpha value is -2.71. The number of nitrogens with zero attached hydrogens (tertiary/aromatic N) is 3. The predicted octanol–water partition coefficient (Wildman–Crippen LogP) is 4.91. The number of carbonyl (C=O) groups is 1. The van der Waals surface area contributed by atoms with E-state index in [1.54, 1.807) is 7.11 Å². The van der Waals surface area contributed by atoms with Gasteiger partial charge in [-0.1, -0.05) is 42.4 Å². The van der Waals surface area contributed by atoms with Crippen molar-refractivity contribution in [3.05, 3.63) is 63.9 Å². The number of hydrogen-bond donors (Lipinski definition) is 2. The summed E-state index contributed by atoms with van der Waals surface area (Å²) in [5.41, 5.74) is 7.41. The fourth-order valence-electron chi connectivity index (χ4n) is 3.64. The highest BCUT2D eigenvalue weighted by atomic mass is 35.5. The van der Waals surface area contributed by atoms with Crippen LogP contribution in [0.5, 0.6) is 5.75 Å². The van der Waals surface area contributed by atoms with Crippen molar-refractivity contribution in [3.63, 3.8) is 0 Å². The molecule has 0 unspecified atom stereocenters. The quantitative estimate of drug-likeness (QED) is 0.531. The average molecular weight is 472 g/mol. The van der Waals surface area contributed by atoms with Gasteiger partial charge in [-0.15, -0.1) is 10.2 Å². The maximum Gasteiger partial charge on any atom is 0.240 e. The van der Waals surface area contributed by atoms with E-state index >= 15 is 0 Å². The van der Waals surface area contributed by atoms with Crippen LogP contribution in [0.15, 0.2) is 41.6 Å². The third kappa shape index (κ3) is 4.42. The van der Waals surface area contributed by atoms with Gasteiger partial charge in [0.25, 0.3) is 0 Å². The number of methoxy groups -OCH3 is 1. The number of benzene rings is 2. The van der Waals surface area contributed by atoms with E-state index in [1.165, 1.54) is 17.3 Å². The number of anilines is 1. The molecule has 2 N–H and O–H groups in total. The van der Waals surface area contributed by atoms with Gasteiger partial charge in [0.1, 0.15) is 11.0 Å². The summed E-state index contributed by atoms with van der Waals surface area (Å²) in [5, 5.41) is 12.4. The Morgan fingerprint density at radius 3 is 2.72 bits per heavy atom. The number of hydrogen-bond acceptors (Lipinski definition) is 6. The zero-order valence-electron chi connectivity index (χ0n) is 18.5. The monoisotopic (exact) mass is 471 g/mol. The Labute approximate surface area is 196 Å². The Morgan fingerprint density at radius 1 is 1.22 bits per heavy atom. The van der Waals surface area contributed by atoms with Crippen molar-refractivity contribution >= 4 is 35.0 Å². The van der Waals surface area contributed by atoms with Gasteiger partial charge in [-0.2, -0.15) is 0 Å². The first-order valence-electron chi connectivity index (χ1n) is 10.5. The summed E-state index contributed by atoms with van der Waals surface area (Å²) in [5.74, 6) is 1.31. The number of carbonyl (C=O) groups excluding carboxylic acids is 1. The van der Waals surface area contributed by atoms with Gasteiger partial charge in [-0.05, 0) is 61.2 Å². The number of thioether (sulfide) groups is 1. The van der Waals surface area contributed by atoms with Crippen LogP contribution in [0.2, 0.25) is 5.02 Å². The Morgan fingerprint density at radius 2 is 2.03 bits per heavy atom. The molecule has 1 amide bonds. The lowest BCUT2D eigenvalue weighted by atomic mass is 10.0.